The van der Waals surface area contributed by atoms with E-state index in [1.54, 1.807) is 12.1 Å². The highest BCUT2D eigenvalue weighted by atomic mass is 79.9. The molecule has 0 aliphatic heterocycles. The maximum atomic E-state index is 13.3. The molecule has 2 rings (SSSR count). The zero-order chi connectivity index (χ0) is 13.1. The van der Waals surface area contributed by atoms with Crippen molar-refractivity contribution in [1.29, 1.82) is 0 Å². The predicted octanol–water partition coefficient (Wildman–Crippen LogP) is 5.13. The minimum Gasteiger partial charge on any atom is -0.489 e. The van der Waals surface area contributed by atoms with E-state index in [9.17, 15) is 4.39 Å². The SMILES string of the molecule is Cc1ccc(Br)cc1OCc1cccc(F)c1Cl. The van der Waals surface area contributed by atoms with Gasteiger partial charge in [0.1, 0.15) is 18.2 Å². The van der Waals surface area contributed by atoms with Gasteiger partial charge in [-0.3, -0.25) is 0 Å². The van der Waals surface area contributed by atoms with Gasteiger partial charge in [0.25, 0.3) is 0 Å². The molecule has 0 fully saturated rings. The van der Waals surface area contributed by atoms with Crippen molar-refractivity contribution in [3.05, 3.63) is 62.8 Å². The second-order valence-electron chi connectivity index (χ2n) is 3.91. The third-order valence-corrected chi connectivity index (χ3v) is 3.48. The molecule has 0 amide bonds. The summed E-state index contributed by atoms with van der Waals surface area (Å²) in [6.07, 6.45) is 0. The second kappa shape index (κ2) is 5.72. The molecule has 0 aromatic heterocycles. The third-order valence-electron chi connectivity index (χ3n) is 2.56. The molecule has 18 heavy (non-hydrogen) atoms. The average molecular weight is 330 g/mol. The van der Waals surface area contributed by atoms with Crippen LogP contribution in [0.15, 0.2) is 40.9 Å². The fraction of sp³-hybridized carbons (Fsp3) is 0.143. The summed E-state index contributed by atoms with van der Waals surface area (Å²) in [6, 6.07) is 10.5. The normalized spacial score (nSPS) is 10.4. The van der Waals surface area contributed by atoms with E-state index in [4.69, 9.17) is 16.3 Å². The van der Waals surface area contributed by atoms with E-state index in [2.05, 4.69) is 15.9 Å². The van der Waals surface area contributed by atoms with E-state index in [-0.39, 0.29) is 11.6 Å². The molecule has 0 atom stereocenters. The van der Waals surface area contributed by atoms with E-state index >= 15 is 0 Å². The first-order valence-electron chi connectivity index (χ1n) is 5.40. The molecule has 0 unspecified atom stereocenters. The van der Waals surface area contributed by atoms with Gasteiger partial charge in [0.05, 0.1) is 5.02 Å². The highest BCUT2D eigenvalue weighted by Gasteiger charge is 2.07. The summed E-state index contributed by atoms with van der Waals surface area (Å²) in [5.41, 5.74) is 1.65. The third kappa shape index (κ3) is 3.03. The predicted molar refractivity (Wildman–Crippen MR) is 74.6 cm³/mol. The van der Waals surface area contributed by atoms with Crippen LogP contribution in [0.2, 0.25) is 5.02 Å². The molecule has 2 aromatic carbocycles. The van der Waals surface area contributed by atoms with Crippen molar-refractivity contribution in [2.24, 2.45) is 0 Å². The number of rotatable bonds is 3. The first-order chi connectivity index (χ1) is 8.58. The first-order valence-corrected chi connectivity index (χ1v) is 6.57. The van der Waals surface area contributed by atoms with E-state index in [0.717, 1.165) is 15.8 Å². The summed E-state index contributed by atoms with van der Waals surface area (Å²) in [7, 11) is 0. The molecular formula is C14H11BrClFO. The maximum Gasteiger partial charge on any atom is 0.142 e. The van der Waals surface area contributed by atoms with Crippen molar-refractivity contribution >= 4 is 27.5 Å². The van der Waals surface area contributed by atoms with E-state index in [0.29, 0.717) is 5.56 Å². The van der Waals surface area contributed by atoms with Gasteiger partial charge in [-0.15, -0.1) is 0 Å². The van der Waals surface area contributed by atoms with Crippen molar-refractivity contribution in [2.75, 3.05) is 0 Å². The highest BCUT2D eigenvalue weighted by Crippen LogP contribution is 2.26. The Bertz CT molecular complexity index is 570. The van der Waals surface area contributed by atoms with Gasteiger partial charge >= 0.3 is 0 Å². The minimum atomic E-state index is -0.427. The highest BCUT2D eigenvalue weighted by molar-refractivity contribution is 9.10. The van der Waals surface area contributed by atoms with Gasteiger partial charge in [-0.25, -0.2) is 4.39 Å². The van der Waals surface area contributed by atoms with Gasteiger partial charge in [-0.2, -0.15) is 0 Å². The lowest BCUT2D eigenvalue weighted by atomic mass is 10.2. The van der Waals surface area contributed by atoms with E-state index in [1.807, 2.05) is 25.1 Å². The fourth-order valence-corrected chi connectivity index (χ4v) is 2.07. The number of halogens is 3. The topological polar surface area (TPSA) is 9.23 Å². The molecule has 0 radical (unpaired) electrons. The Morgan fingerprint density at radius 3 is 2.83 bits per heavy atom. The van der Waals surface area contributed by atoms with E-state index in [1.165, 1.54) is 6.07 Å². The Morgan fingerprint density at radius 2 is 2.06 bits per heavy atom. The van der Waals surface area contributed by atoms with Crippen molar-refractivity contribution in [2.45, 2.75) is 13.5 Å². The maximum absolute atomic E-state index is 13.3. The minimum absolute atomic E-state index is 0.116. The average Bonchev–Trinajstić information content (AvgIpc) is 2.35. The molecule has 1 nitrogen and oxygen atoms in total. The summed E-state index contributed by atoms with van der Waals surface area (Å²) in [4.78, 5) is 0. The first kappa shape index (κ1) is 13.4. The molecular weight excluding hydrogens is 319 g/mol. The summed E-state index contributed by atoms with van der Waals surface area (Å²) >= 11 is 9.25. The zero-order valence-corrected chi connectivity index (χ0v) is 12.1. The molecule has 94 valence electrons. The van der Waals surface area contributed by atoms with Gasteiger partial charge in [-0.1, -0.05) is 45.7 Å². The number of benzene rings is 2. The summed E-state index contributed by atoms with van der Waals surface area (Å²) in [5, 5.41) is 0.116. The number of hydrogen-bond acceptors (Lipinski definition) is 1. The second-order valence-corrected chi connectivity index (χ2v) is 5.21. The number of ether oxygens (including phenoxy) is 1. The quantitative estimate of drug-likeness (QED) is 0.758. The van der Waals surface area contributed by atoms with Gasteiger partial charge in [0.15, 0.2) is 0 Å². The Hall–Kier alpha value is -1.06. The van der Waals surface area contributed by atoms with Crippen molar-refractivity contribution < 1.29 is 9.13 Å². The lowest BCUT2D eigenvalue weighted by Crippen LogP contribution is -1.98. The molecule has 0 saturated heterocycles. The lowest BCUT2D eigenvalue weighted by molar-refractivity contribution is 0.303. The Balaban J connectivity index is 2.16. The molecule has 2 aromatic rings. The summed E-state index contributed by atoms with van der Waals surface area (Å²) < 4.78 is 19.9. The Labute approximate surface area is 119 Å². The molecule has 0 aliphatic rings. The van der Waals surface area contributed by atoms with Gasteiger partial charge in [-0.05, 0) is 30.7 Å². The van der Waals surface area contributed by atoms with Crippen LogP contribution in [0.5, 0.6) is 5.75 Å². The van der Waals surface area contributed by atoms with Crippen LogP contribution in [0.3, 0.4) is 0 Å². The number of hydrogen-bond donors (Lipinski definition) is 0. The van der Waals surface area contributed by atoms with Crippen molar-refractivity contribution in [3.8, 4) is 5.75 Å². The van der Waals surface area contributed by atoms with Crippen LogP contribution in [-0.4, -0.2) is 0 Å². The monoisotopic (exact) mass is 328 g/mol. The van der Waals surface area contributed by atoms with Crippen LogP contribution < -0.4 is 4.74 Å². The van der Waals surface area contributed by atoms with Crippen LogP contribution in [-0.2, 0) is 6.61 Å². The zero-order valence-electron chi connectivity index (χ0n) is 9.71. The van der Waals surface area contributed by atoms with Gasteiger partial charge in [0.2, 0.25) is 0 Å². The van der Waals surface area contributed by atoms with Gasteiger partial charge < -0.3 is 4.74 Å². The summed E-state index contributed by atoms with van der Waals surface area (Å²) in [5.74, 6) is 0.327. The van der Waals surface area contributed by atoms with Crippen LogP contribution in [0.25, 0.3) is 0 Å². The molecule has 0 saturated carbocycles. The molecule has 4 heteroatoms. The molecule has 0 N–H and O–H groups in total. The molecule has 0 bridgehead atoms. The Kier molecular flexibility index (Phi) is 4.25. The molecule has 0 aliphatic carbocycles. The lowest BCUT2D eigenvalue weighted by Gasteiger charge is -2.10. The van der Waals surface area contributed by atoms with Gasteiger partial charge in [0, 0.05) is 10.0 Å². The van der Waals surface area contributed by atoms with Crippen LogP contribution >= 0.6 is 27.5 Å². The molecule has 0 heterocycles. The Morgan fingerprint density at radius 1 is 1.28 bits per heavy atom. The van der Waals surface area contributed by atoms with Crippen LogP contribution in [0.4, 0.5) is 4.39 Å². The van der Waals surface area contributed by atoms with Crippen LogP contribution in [0.1, 0.15) is 11.1 Å². The standard InChI is InChI=1S/C14H11BrClFO/c1-9-5-6-11(15)7-13(9)18-8-10-3-2-4-12(17)14(10)16/h2-7H,8H2,1H3. The van der Waals surface area contributed by atoms with Crippen LogP contribution in [0, 0.1) is 12.7 Å². The summed E-state index contributed by atoms with van der Waals surface area (Å²) in [6.45, 7) is 2.20. The largest absolute Gasteiger partial charge is 0.489 e. The number of aryl methyl sites for hydroxylation is 1. The van der Waals surface area contributed by atoms with E-state index < -0.39 is 5.82 Å². The fourth-order valence-electron chi connectivity index (χ4n) is 1.54. The van der Waals surface area contributed by atoms with Crippen molar-refractivity contribution in [1.82, 2.24) is 0 Å². The smallest absolute Gasteiger partial charge is 0.142 e. The molecule has 0 spiro atoms. The van der Waals surface area contributed by atoms with Crippen molar-refractivity contribution in [3.63, 3.8) is 0 Å².